The summed E-state index contributed by atoms with van der Waals surface area (Å²) in [6, 6.07) is 0. The number of ether oxygens (including phenoxy) is 1. The number of aliphatic hydroxyl groups is 3. The lowest BCUT2D eigenvalue weighted by atomic mass is 10.1. The van der Waals surface area contributed by atoms with Crippen LogP contribution in [0.1, 0.15) is 13.2 Å². The van der Waals surface area contributed by atoms with E-state index in [1.165, 1.54) is 17.8 Å². The van der Waals surface area contributed by atoms with Crippen molar-refractivity contribution in [3.8, 4) is 0 Å². The maximum Gasteiger partial charge on any atom is 0.223 e. The number of aromatic nitrogens is 4. The average Bonchev–Trinajstić information content (AvgIpc) is 2.83. The predicted molar refractivity (Wildman–Crippen MR) is 74.5 cm³/mol. The minimum absolute atomic E-state index is 0.0468. The second-order valence-corrected chi connectivity index (χ2v) is 5.02. The number of halogens is 1. The molecule has 0 saturated heterocycles. The van der Waals surface area contributed by atoms with Crippen molar-refractivity contribution in [2.24, 2.45) is 0 Å². The van der Waals surface area contributed by atoms with E-state index in [-0.39, 0.29) is 35.5 Å². The lowest BCUT2D eigenvalue weighted by Gasteiger charge is -2.31. The highest BCUT2D eigenvalue weighted by Gasteiger charge is 2.35. The molecule has 0 aliphatic carbocycles. The Bertz CT molecular complexity index is 632. The summed E-state index contributed by atoms with van der Waals surface area (Å²) in [5.74, 6) is -0.0567. The van der Waals surface area contributed by atoms with Gasteiger partial charge in [-0.05, 0) is 6.92 Å². The van der Waals surface area contributed by atoms with Crippen LogP contribution in [-0.4, -0.2) is 60.3 Å². The summed E-state index contributed by atoms with van der Waals surface area (Å²) in [6.07, 6.45) is 0.307. The van der Waals surface area contributed by atoms with E-state index in [9.17, 15) is 10.2 Å². The molecular formula is C11H16ClN5O4. The van der Waals surface area contributed by atoms with Crippen molar-refractivity contribution in [3.63, 3.8) is 0 Å². The number of nitrogens with zero attached hydrogens (tertiary/aromatic N) is 4. The molecule has 0 bridgehead atoms. The first-order chi connectivity index (χ1) is 9.90. The van der Waals surface area contributed by atoms with E-state index in [0.717, 1.165) is 0 Å². The number of hydrogen-bond acceptors (Lipinski definition) is 8. The van der Waals surface area contributed by atoms with E-state index in [1.807, 2.05) is 0 Å². The summed E-state index contributed by atoms with van der Waals surface area (Å²) in [5.41, 5.74) is 4.47. The normalized spacial score (nSPS) is 16.0. The number of imidazole rings is 1. The third-order valence-electron chi connectivity index (χ3n) is 2.87. The fraction of sp³-hybridized carbons (Fsp3) is 0.545. The van der Waals surface area contributed by atoms with E-state index in [0.29, 0.717) is 0 Å². The van der Waals surface area contributed by atoms with Gasteiger partial charge in [0.05, 0.1) is 26.1 Å². The zero-order valence-corrected chi connectivity index (χ0v) is 12.0. The molecule has 0 amide bonds. The van der Waals surface area contributed by atoms with Crippen molar-refractivity contribution in [2.75, 3.05) is 25.6 Å². The third-order valence-corrected chi connectivity index (χ3v) is 3.13. The lowest BCUT2D eigenvalue weighted by Crippen LogP contribution is -2.41. The molecule has 9 nitrogen and oxygen atoms in total. The average molecular weight is 318 g/mol. The third kappa shape index (κ3) is 3.06. The first-order valence-corrected chi connectivity index (χ1v) is 6.49. The molecule has 0 radical (unpaired) electrons. The lowest BCUT2D eigenvalue weighted by molar-refractivity contribution is -0.159. The summed E-state index contributed by atoms with van der Waals surface area (Å²) in [4.78, 5) is 11.9. The molecule has 2 heterocycles. The van der Waals surface area contributed by atoms with Crippen LogP contribution in [0, 0.1) is 0 Å². The maximum absolute atomic E-state index is 10.3. The van der Waals surface area contributed by atoms with Gasteiger partial charge in [0, 0.05) is 0 Å². The fourth-order valence-electron chi connectivity index (χ4n) is 1.87. The van der Waals surface area contributed by atoms with Crippen LogP contribution in [0.3, 0.4) is 0 Å². The highest BCUT2D eigenvalue weighted by atomic mass is 35.5. The number of nitrogen functional groups attached to an aromatic ring is 1. The first-order valence-electron chi connectivity index (χ1n) is 6.12. The van der Waals surface area contributed by atoms with E-state index < -0.39 is 18.4 Å². The molecule has 2 rings (SSSR count). The van der Waals surface area contributed by atoms with Gasteiger partial charge in [0.15, 0.2) is 17.0 Å². The minimum atomic E-state index is -1.63. The van der Waals surface area contributed by atoms with Gasteiger partial charge >= 0.3 is 0 Å². The van der Waals surface area contributed by atoms with Crippen LogP contribution in [0.5, 0.6) is 0 Å². The smallest absolute Gasteiger partial charge is 0.223 e. The van der Waals surface area contributed by atoms with Crippen LogP contribution >= 0.6 is 11.6 Å². The first kappa shape index (κ1) is 15.9. The molecule has 0 aliphatic rings. The van der Waals surface area contributed by atoms with E-state index in [2.05, 4.69) is 15.0 Å². The molecular weight excluding hydrogens is 302 g/mol. The van der Waals surface area contributed by atoms with Crippen molar-refractivity contribution in [2.45, 2.75) is 18.8 Å². The van der Waals surface area contributed by atoms with Crippen LogP contribution in [0.25, 0.3) is 11.2 Å². The highest BCUT2D eigenvalue weighted by molar-refractivity contribution is 6.33. The number of nitrogens with two attached hydrogens (primary N) is 1. The number of aliphatic hydroxyl groups excluding tert-OH is 2. The van der Waals surface area contributed by atoms with Gasteiger partial charge in [-0.1, -0.05) is 11.6 Å². The van der Waals surface area contributed by atoms with Crippen LogP contribution in [0.2, 0.25) is 5.15 Å². The van der Waals surface area contributed by atoms with Crippen LogP contribution in [-0.2, 0) is 4.74 Å². The zero-order chi connectivity index (χ0) is 15.6. The molecule has 0 fully saturated rings. The van der Waals surface area contributed by atoms with Crippen molar-refractivity contribution in [1.29, 1.82) is 0 Å². The molecule has 0 saturated carbocycles. The van der Waals surface area contributed by atoms with Crippen molar-refractivity contribution in [1.82, 2.24) is 19.5 Å². The number of anilines is 1. The Morgan fingerprint density at radius 1 is 1.48 bits per heavy atom. The molecule has 5 N–H and O–H groups in total. The van der Waals surface area contributed by atoms with Gasteiger partial charge < -0.3 is 25.8 Å². The summed E-state index contributed by atoms with van der Waals surface area (Å²) < 4.78 is 6.78. The quantitative estimate of drug-likeness (QED) is 0.513. The van der Waals surface area contributed by atoms with Gasteiger partial charge in [0.25, 0.3) is 0 Å². The monoisotopic (exact) mass is 317 g/mol. The van der Waals surface area contributed by atoms with Gasteiger partial charge in [-0.3, -0.25) is 4.57 Å². The summed E-state index contributed by atoms with van der Waals surface area (Å²) in [6.45, 7) is 0.515. The van der Waals surface area contributed by atoms with E-state index in [1.54, 1.807) is 0 Å². The molecule has 21 heavy (non-hydrogen) atoms. The number of hydrogen-bond donors (Lipinski definition) is 4. The maximum atomic E-state index is 10.3. The fourth-order valence-corrected chi connectivity index (χ4v) is 2.09. The molecule has 2 aromatic rings. The number of fused-ring (bicyclic) bond motifs is 1. The Morgan fingerprint density at radius 3 is 2.81 bits per heavy atom. The topological polar surface area (TPSA) is 140 Å². The van der Waals surface area contributed by atoms with Crippen LogP contribution in [0.4, 0.5) is 5.95 Å². The Kier molecular flexibility index (Phi) is 4.59. The van der Waals surface area contributed by atoms with E-state index in [4.69, 9.17) is 27.2 Å². The number of rotatable bonds is 6. The van der Waals surface area contributed by atoms with Gasteiger partial charge in [-0.15, -0.1) is 0 Å². The van der Waals surface area contributed by atoms with Crippen molar-refractivity contribution < 1.29 is 20.1 Å². The Labute approximate surface area is 125 Å². The Morgan fingerprint density at radius 2 is 2.19 bits per heavy atom. The Hall–Kier alpha value is -1.52. The van der Waals surface area contributed by atoms with Gasteiger partial charge in [0.1, 0.15) is 11.1 Å². The second kappa shape index (κ2) is 6.08. The Balaban J connectivity index is 2.54. The largest absolute Gasteiger partial charge is 0.394 e. The molecule has 10 heteroatoms. The SMILES string of the molecule is CC(O)(CO)[C@@H](OCCO)n1cnc2c(Cl)nc(N)nc21. The van der Waals surface area contributed by atoms with Gasteiger partial charge in [-0.2, -0.15) is 9.97 Å². The van der Waals surface area contributed by atoms with E-state index >= 15 is 0 Å². The van der Waals surface area contributed by atoms with Gasteiger partial charge in [-0.25, -0.2) is 4.98 Å². The zero-order valence-electron chi connectivity index (χ0n) is 11.3. The minimum Gasteiger partial charge on any atom is -0.394 e. The molecule has 2 atom stereocenters. The summed E-state index contributed by atoms with van der Waals surface area (Å²) >= 11 is 5.93. The van der Waals surface area contributed by atoms with Crippen molar-refractivity contribution >= 4 is 28.7 Å². The summed E-state index contributed by atoms with van der Waals surface area (Å²) in [7, 11) is 0. The molecule has 1 unspecified atom stereocenters. The van der Waals surface area contributed by atoms with Gasteiger partial charge in [0.2, 0.25) is 5.95 Å². The highest BCUT2D eigenvalue weighted by Crippen LogP contribution is 2.29. The van der Waals surface area contributed by atoms with Crippen LogP contribution in [0.15, 0.2) is 6.33 Å². The van der Waals surface area contributed by atoms with Crippen molar-refractivity contribution in [3.05, 3.63) is 11.5 Å². The molecule has 2 aromatic heterocycles. The molecule has 0 aliphatic heterocycles. The standard InChI is InChI=1S/C11H16ClN5O4/c1-11(20,4-19)9(21-3-2-18)17-5-14-6-7(12)15-10(13)16-8(6)17/h5,9,18-20H,2-4H2,1H3,(H2,13,15,16)/t9-,11?/m1/s1. The summed E-state index contributed by atoms with van der Waals surface area (Å²) in [5, 5.41) is 28.6. The van der Waals surface area contributed by atoms with Crippen LogP contribution < -0.4 is 5.73 Å². The molecule has 0 spiro atoms. The molecule has 116 valence electrons. The predicted octanol–water partition coefficient (Wildman–Crippen LogP) is -0.687. The second-order valence-electron chi connectivity index (χ2n) is 4.66. The molecule has 0 aromatic carbocycles.